The maximum atomic E-state index is 3.77. The summed E-state index contributed by atoms with van der Waals surface area (Å²) in [5.41, 5.74) is 3.20. The van der Waals surface area contributed by atoms with E-state index in [1.165, 1.54) is 28.6 Å². The van der Waals surface area contributed by atoms with Crippen molar-refractivity contribution >= 4 is 21.6 Å². The lowest BCUT2D eigenvalue weighted by Crippen LogP contribution is -2.23. The topological polar surface area (TPSA) is 12.0 Å². The Hall–Kier alpha value is -0.500. The van der Waals surface area contributed by atoms with E-state index in [0.29, 0.717) is 11.5 Å². The van der Waals surface area contributed by atoms with Crippen LogP contribution in [0, 0.1) is 11.3 Å². The summed E-state index contributed by atoms with van der Waals surface area (Å²) in [5, 5.41) is 3.77. The SMILES string of the molecule is CCc1cc(Br)ccc1NC1CC(C)(C)CC1C. The molecule has 1 aromatic carbocycles. The molecule has 0 spiro atoms. The van der Waals surface area contributed by atoms with E-state index in [1.54, 1.807) is 0 Å². The van der Waals surface area contributed by atoms with Crippen molar-refractivity contribution in [3.8, 4) is 0 Å². The molecule has 2 heteroatoms. The number of nitrogens with one attached hydrogen (secondary N) is 1. The van der Waals surface area contributed by atoms with E-state index in [9.17, 15) is 0 Å². The Bertz CT molecular complexity index is 425. The highest BCUT2D eigenvalue weighted by Crippen LogP contribution is 2.42. The molecule has 1 aliphatic carbocycles. The van der Waals surface area contributed by atoms with Crippen molar-refractivity contribution in [3.63, 3.8) is 0 Å². The monoisotopic (exact) mass is 309 g/mol. The van der Waals surface area contributed by atoms with Gasteiger partial charge in [-0.15, -0.1) is 0 Å². The van der Waals surface area contributed by atoms with Gasteiger partial charge in [0.15, 0.2) is 0 Å². The first-order valence-corrected chi connectivity index (χ1v) is 7.75. The lowest BCUT2D eigenvalue weighted by Gasteiger charge is -2.21. The molecular weight excluding hydrogens is 286 g/mol. The fourth-order valence-corrected chi connectivity index (χ4v) is 3.69. The number of anilines is 1. The molecule has 0 heterocycles. The highest BCUT2D eigenvalue weighted by Gasteiger charge is 2.36. The average Bonchev–Trinajstić information content (AvgIpc) is 2.54. The van der Waals surface area contributed by atoms with Gasteiger partial charge in [-0.05, 0) is 54.4 Å². The molecule has 1 N–H and O–H groups in total. The predicted octanol–water partition coefficient (Wildman–Crippen LogP) is 5.25. The van der Waals surface area contributed by atoms with Crippen LogP contribution in [0.15, 0.2) is 22.7 Å². The molecule has 0 aromatic heterocycles. The van der Waals surface area contributed by atoms with Gasteiger partial charge in [0.2, 0.25) is 0 Å². The maximum absolute atomic E-state index is 3.77. The fourth-order valence-electron chi connectivity index (χ4n) is 3.28. The molecule has 0 saturated heterocycles. The van der Waals surface area contributed by atoms with Crippen LogP contribution in [0.4, 0.5) is 5.69 Å². The molecule has 0 aliphatic heterocycles. The number of halogens is 1. The third kappa shape index (κ3) is 3.09. The number of aryl methyl sites for hydroxylation is 1. The van der Waals surface area contributed by atoms with Crippen molar-refractivity contribution in [1.29, 1.82) is 0 Å². The summed E-state index contributed by atoms with van der Waals surface area (Å²) < 4.78 is 1.17. The summed E-state index contributed by atoms with van der Waals surface area (Å²) in [5.74, 6) is 0.758. The van der Waals surface area contributed by atoms with Crippen LogP contribution in [0.3, 0.4) is 0 Å². The molecule has 1 fully saturated rings. The Morgan fingerprint density at radius 3 is 2.61 bits per heavy atom. The fraction of sp³-hybridized carbons (Fsp3) is 0.625. The average molecular weight is 310 g/mol. The van der Waals surface area contributed by atoms with Crippen molar-refractivity contribution in [2.45, 2.75) is 53.0 Å². The zero-order valence-corrected chi connectivity index (χ0v) is 13.5. The zero-order valence-electron chi connectivity index (χ0n) is 11.9. The summed E-state index contributed by atoms with van der Waals surface area (Å²) >= 11 is 3.55. The van der Waals surface area contributed by atoms with Crippen LogP contribution in [-0.2, 0) is 6.42 Å². The van der Waals surface area contributed by atoms with E-state index in [-0.39, 0.29) is 0 Å². The molecule has 1 aromatic rings. The summed E-state index contributed by atoms with van der Waals surface area (Å²) in [4.78, 5) is 0. The lowest BCUT2D eigenvalue weighted by atomic mass is 9.91. The molecule has 0 radical (unpaired) electrons. The standard InChI is InChI=1S/C16H24BrN/c1-5-12-8-13(17)6-7-14(12)18-15-10-16(3,4)9-11(15)2/h6-8,11,15,18H,5,9-10H2,1-4H3. The van der Waals surface area contributed by atoms with Gasteiger partial charge in [0.1, 0.15) is 0 Å². The third-order valence-electron chi connectivity index (χ3n) is 4.12. The van der Waals surface area contributed by atoms with Gasteiger partial charge in [0.25, 0.3) is 0 Å². The van der Waals surface area contributed by atoms with Crippen LogP contribution >= 0.6 is 15.9 Å². The van der Waals surface area contributed by atoms with Gasteiger partial charge >= 0.3 is 0 Å². The van der Waals surface area contributed by atoms with Gasteiger partial charge in [0.05, 0.1) is 0 Å². The van der Waals surface area contributed by atoms with E-state index < -0.39 is 0 Å². The highest BCUT2D eigenvalue weighted by atomic mass is 79.9. The molecule has 2 atom stereocenters. The third-order valence-corrected chi connectivity index (χ3v) is 4.62. The Labute approximate surface area is 119 Å². The molecule has 1 saturated carbocycles. The molecule has 100 valence electrons. The van der Waals surface area contributed by atoms with Crippen molar-refractivity contribution in [2.24, 2.45) is 11.3 Å². The molecular formula is C16H24BrN. The van der Waals surface area contributed by atoms with Crippen LogP contribution in [0.1, 0.15) is 46.1 Å². The number of rotatable bonds is 3. The Morgan fingerprint density at radius 2 is 2.06 bits per heavy atom. The lowest BCUT2D eigenvalue weighted by molar-refractivity contribution is 0.366. The van der Waals surface area contributed by atoms with Gasteiger partial charge in [-0.1, -0.05) is 43.6 Å². The summed E-state index contributed by atoms with van der Waals surface area (Å²) in [6, 6.07) is 7.19. The van der Waals surface area contributed by atoms with Crippen molar-refractivity contribution in [2.75, 3.05) is 5.32 Å². The first-order chi connectivity index (χ1) is 8.41. The minimum Gasteiger partial charge on any atom is -0.382 e. The normalized spacial score (nSPS) is 26.3. The van der Waals surface area contributed by atoms with Crippen molar-refractivity contribution in [1.82, 2.24) is 0 Å². The van der Waals surface area contributed by atoms with Crippen LogP contribution in [0.5, 0.6) is 0 Å². The quantitative estimate of drug-likeness (QED) is 0.804. The molecule has 1 aliphatic rings. The molecule has 2 unspecified atom stereocenters. The highest BCUT2D eigenvalue weighted by molar-refractivity contribution is 9.10. The van der Waals surface area contributed by atoms with Gasteiger partial charge in [-0.3, -0.25) is 0 Å². The molecule has 2 rings (SSSR count). The van der Waals surface area contributed by atoms with E-state index >= 15 is 0 Å². The van der Waals surface area contributed by atoms with Crippen LogP contribution < -0.4 is 5.32 Å². The molecule has 18 heavy (non-hydrogen) atoms. The van der Waals surface area contributed by atoms with Crippen molar-refractivity contribution < 1.29 is 0 Å². The number of hydrogen-bond donors (Lipinski definition) is 1. The Morgan fingerprint density at radius 1 is 1.33 bits per heavy atom. The van der Waals surface area contributed by atoms with Gasteiger partial charge in [-0.25, -0.2) is 0 Å². The summed E-state index contributed by atoms with van der Waals surface area (Å²) in [7, 11) is 0. The molecule has 1 nitrogen and oxygen atoms in total. The van der Waals surface area contributed by atoms with Crippen molar-refractivity contribution in [3.05, 3.63) is 28.2 Å². The number of hydrogen-bond acceptors (Lipinski definition) is 1. The van der Waals surface area contributed by atoms with Crippen LogP contribution in [0.2, 0.25) is 0 Å². The minimum atomic E-state index is 0.485. The smallest absolute Gasteiger partial charge is 0.0375 e. The molecule has 0 amide bonds. The predicted molar refractivity (Wildman–Crippen MR) is 83.1 cm³/mol. The van der Waals surface area contributed by atoms with Crippen LogP contribution in [-0.4, -0.2) is 6.04 Å². The first kappa shape index (κ1) is 13.9. The van der Waals surface area contributed by atoms with Gasteiger partial charge in [-0.2, -0.15) is 0 Å². The second-order valence-electron chi connectivity index (χ2n) is 6.46. The second-order valence-corrected chi connectivity index (χ2v) is 7.37. The largest absolute Gasteiger partial charge is 0.382 e. The molecule has 0 bridgehead atoms. The summed E-state index contributed by atoms with van der Waals surface area (Å²) in [6.45, 7) is 9.35. The van der Waals surface area contributed by atoms with E-state index in [0.717, 1.165) is 12.3 Å². The summed E-state index contributed by atoms with van der Waals surface area (Å²) in [6.07, 6.45) is 3.67. The van der Waals surface area contributed by atoms with Crippen LogP contribution in [0.25, 0.3) is 0 Å². The zero-order chi connectivity index (χ0) is 13.3. The Kier molecular flexibility index (Phi) is 4.05. The van der Waals surface area contributed by atoms with E-state index in [4.69, 9.17) is 0 Å². The maximum Gasteiger partial charge on any atom is 0.0375 e. The Balaban J connectivity index is 2.15. The van der Waals surface area contributed by atoms with Gasteiger partial charge < -0.3 is 5.32 Å². The minimum absolute atomic E-state index is 0.485. The van der Waals surface area contributed by atoms with E-state index in [1.807, 2.05) is 0 Å². The van der Waals surface area contributed by atoms with E-state index in [2.05, 4.69) is 67.1 Å². The first-order valence-electron chi connectivity index (χ1n) is 6.96. The van der Waals surface area contributed by atoms with Gasteiger partial charge in [0, 0.05) is 16.2 Å². The second kappa shape index (κ2) is 5.24. The number of benzene rings is 1.